The van der Waals surface area contributed by atoms with Crippen molar-refractivity contribution in [3.8, 4) is 11.1 Å². The van der Waals surface area contributed by atoms with Crippen molar-refractivity contribution < 1.29 is 9.59 Å². The lowest BCUT2D eigenvalue weighted by Gasteiger charge is -2.23. The molecule has 1 aliphatic rings. The third kappa shape index (κ3) is 4.40. The molecule has 3 aromatic rings. The summed E-state index contributed by atoms with van der Waals surface area (Å²) in [6.45, 7) is 3.38. The summed E-state index contributed by atoms with van der Waals surface area (Å²) in [5.41, 5.74) is 4.98. The standard InChI is InChI=1S/C25H25N3O2/c1-18-9-11-19(12-10-18)22-7-3-2-6-20(22)16-21-17-28(15-14-27-24(21)29)25(30)23-8-4-5-13-26-23/h2-13,21H,14-17H2,1H3,(H,27,29)/t21-/m0/s1. The molecule has 2 heterocycles. The summed E-state index contributed by atoms with van der Waals surface area (Å²) in [6.07, 6.45) is 2.19. The average molecular weight is 399 g/mol. The molecule has 1 aliphatic heterocycles. The number of aryl methyl sites for hydroxylation is 1. The highest BCUT2D eigenvalue weighted by atomic mass is 16.2. The zero-order chi connectivity index (χ0) is 20.9. The van der Waals surface area contributed by atoms with Crippen LogP contribution in [0.2, 0.25) is 0 Å². The Kier molecular flexibility index (Phi) is 5.89. The van der Waals surface area contributed by atoms with E-state index in [0.717, 1.165) is 16.7 Å². The number of benzene rings is 2. The van der Waals surface area contributed by atoms with E-state index in [1.807, 2.05) is 12.1 Å². The summed E-state index contributed by atoms with van der Waals surface area (Å²) < 4.78 is 0. The van der Waals surface area contributed by atoms with Gasteiger partial charge in [-0.2, -0.15) is 0 Å². The molecule has 5 nitrogen and oxygen atoms in total. The first-order valence-corrected chi connectivity index (χ1v) is 10.2. The Balaban J connectivity index is 1.58. The van der Waals surface area contributed by atoms with Gasteiger partial charge in [0.15, 0.2) is 0 Å². The van der Waals surface area contributed by atoms with Gasteiger partial charge in [0.1, 0.15) is 5.69 Å². The van der Waals surface area contributed by atoms with Crippen LogP contribution in [-0.2, 0) is 11.2 Å². The monoisotopic (exact) mass is 399 g/mol. The van der Waals surface area contributed by atoms with Gasteiger partial charge in [-0.1, -0.05) is 60.2 Å². The van der Waals surface area contributed by atoms with E-state index in [0.29, 0.717) is 31.7 Å². The van der Waals surface area contributed by atoms with Gasteiger partial charge in [0.25, 0.3) is 5.91 Å². The Morgan fingerprint density at radius 2 is 1.83 bits per heavy atom. The molecular weight excluding hydrogens is 374 g/mol. The van der Waals surface area contributed by atoms with Crippen molar-refractivity contribution in [2.45, 2.75) is 13.3 Å². The zero-order valence-electron chi connectivity index (χ0n) is 17.0. The van der Waals surface area contributed by atoms with Gasteiger partial charge in [-0.15, -0.1) is 0 Å². The topological polar surface area (TPSA) is 62.3 Å². The number of hydrogen-bond acceptors (Lipinski definition) is 3. The van der Waals surface area contributed by atoms with E-state index in [9.17, 15) is 9.59 Å². The Labute approximate surface area is 176 Å². The maximum atomic E-state index is 12.9. The summed E-state index contributed by atoms with van der Waals surface area (Å²) >= 11 is 0. The number of pyridine rings is 1. The molecule has 0 spiro atoms. The van der Waals surface area contributed by atoms with Crippen LogP contribution in [0.1, 0.15) is 21.6 Å². The van der Waals surface area contributed by atoms with Crippen LogP contribution >= 0.6 is 0 Å². The maximum absolute atomic E-state index is 12.9. The number of carbonyl (C=O) groups is 2. The second-order valence-electron chi connectivity index (χ2n) is 7.68. The van der Waals surface area contributed by atoms with Crippen molar-refractivity contribution in [1.29, 1.82) is 0 Å². The Bertz CT molecular complexity index is 1030. The van der Waals surface area contributed by atoms with Crippen molar-refractivity contribution >= 4 is 11.8 Å². The van der Waals surface area contributed by atoms with Gasteiger partial charge in [-0.3, -0.25) is 14.6 Å². The number of nitrogens with zero attached hydrogens (tertiary/aromatic N) is 2. The average Bonchev–Trinajstić information content (AvgIpc) is 2.96. The van der Waals surface area contributed by atoms with Crippen LogP contribution in [0.4, 0.5) is 0 Å². The normalized spacial score (nSPS) is 16.6. The SMILES string of the molecule is Cc1ccc(-c2ccccc2C[C@H]2CN(C(=O)c3ccccn3)CCNC2=O)cc1. The second-order valence-corrected chi connectivity index (χ2v) is 7.68. The number of rotatable bonds is 4. The molecule has 30 heavy (non-hydrogen) atoms. The van der Waals surface area contributed by atoms with E-state index in [4.69, 9.17) is 0 Å². The molecule has 2 aromatic carbocycles. The summed E-state index contributed by atoms with van der Waals surface area (Å²) in [5.74, 6) is -0.458. The molecule has 0 bridgehead atoms. The van der Waals surface area contributed by atoms with E-state index in [1.54, 1.807) is 29.3 Å². The zero-order valence-corrected chi connectivity index (χ0v) is 17.0. The first kappa shape index (κ1) is 19.8. The number of hydrogen-bond donors (Lipinski definition) is 1. The molecule has 152 valence electrons. The first-order valence-electron chi connectivity index (χ1n) is 10.2. The maximum Gasteiger partial charge on any atom is 0.272 e. The summed E-state index contributed by atoms with van der Waals surface area (Å²) in [7, 11) is 0. The molecular formula is C25H25N3O2. The van der Waals surface area contributed by atoms with E-state index < -0.39 is 0 Å². The van der Waals surface area contributed by atoms with E-state index >= 15 is 0 Å². The molecule has 0 radical (unpaired) electrons. The number of carbonyl (C=O) groups excluding carboxylic acids is 2. The fraction of sp³-hybridized carbons (Fsp3) is 0.240. The van der Waals surface area contributed by atoms with Gasteiger partial charge in [0, 0.05) is 25.8 Å². The minimum Gasteiger partial charge on any atom is -0.354 e. The van der Waals surface area contributed by atoms with Crippen molar-refractivity contribution in [3.05, 3.63) is 89.7 Å². The highest BCUT2D eigenvalue weighted by Crippen LogP contribution is 2.27. The van der Waals surface area contributed by atoms with Crippen molar-refractivity contribution in [2.75, 3.05) is 19.6 Å². The fourth-order valence-electron chi connectivity index (χ4n) is 3.87. The molecule has 1 saturated heterocycles. The summed E-state index contributed by atoms with van der Waals surface area (Å²) in [5, 5.41) is 2.96. The molecule has 1 atom stereocenters. The molecule has 2 amide bonds. The molecule has 5 heteroatoms. The van der Waals surface area contributed by atoms with Gasteiger partial charge in [-0.25, -0.2) is 0 Å². The van der Waals surface area contributed by atoms with Gasteiger partial charge in [0.2, 0.25) is 5.91 Å². The van der Waals surface area contributed by atoms with Crippen LogP contribution in [0.25, 0.3) is 11.1 Å². The minimum atomic E-state index is -0.313. The smallest absolute Gasteiger partial charge is 0.272 e. The lowest BCUT2D eigenvalue weighted by Crippen LogP contribution is -2.37. The van der Waals surface area contributed by atoms with Crippen molar-refractivity contribution in [1.82, 2.24) is 15.2 Å². The Morgan fingerprint density at radius 1 is 1.07 bits per heavy atom. The molecule has 4 rings (SSSR count). The van der Waals surface area contributed by atoms with Crippen LogP contribution in [-0.4, -0.2) is 41.3 Å². The van der Waals surface area contributed by atoms with Crippen LogP contribution in [0.15, 0.2) is 72.9 Å². The van der Waals surface area contributed by atoms with Gasteiger partial charge >= 0.3 is 0 Å². The number of nitrogens with one attached hydrogen (secondary N) is 1. The lowest BCUT2D eigenvalue weighted by molar-refractivity contribution is -0.124. The minimum absolute atomic E-state index is 0.00923. The predicted molar refractivity (Wildman–Crippen MR) is 117 cm³/mol. The quantitative estimate of drug-likeness (QED) is 0.731. The van der Waals surface area contributed by atoms with E-state index in [1.165, 1.54) is 5.56 Å². The first-order chi connectivity index (χ1) is 14.6. The molecule has 0 unspecified atom stereocenters. The van der Waals surface area contributed by atoms with E-state index in [2.05, 4.69) is 53.6 Å². The van der Waals surface area contributed by atoms with Crippen LogP contribution in [0.5, 0.6) is 0 Å². The molecule has 0 saturated carbocycles. The molecule has 1 N–H and O–H groups in total. The van der Waals surface area contributed by atoms with Crippen LogP contribution in [0.3, 0.4) is 0 Å². The largest absolute Gasteiger partial charge is 0.354 e. The Morgan fingerprint density at radius 3 is 2.60 bits per heavy atom. The number of aromatic nitrogens is 1. The van der Waals surface area contributed by atoms with Crippen LogP contribution < -0.4 is 5.32 Å². The predicted octanol–water partition coefficient (Wildman–Crippen LogP) is 3.49. The van der Waals surface area contributed by atoms with Gasteiger partial charge in [0.05, 0.1) is 5.92 Å². The van der Waals surface area contributed by atoms with Crippen molar-refractivity contribution in [3.63, 3.8) is 0 Å². The molecule has 0 aliphatic carbocycles. The van der Waals surface area contributed by atoms with Gasteiger partial charge < -0.3 is 10.2 Å². The highest BCUT2D eigenvalue weighted by molar-refractivity contribution is 5.93. The number of amides is 2. The van der Waals surface area contributed by atoms with Gasteiger partial charge in [-0.05, 0) is 42.2 Å². The third-order valence-corrected chi connectivity index (χ3v) is 5.51. The van der Waals surface area contributed by atoms with Crippen LogP contribution in [0, 0.1) is 12.8 Å². The summed E-state index contributed by atoms with van der Waals surface area (Å²) in [6, 6.07) is 21.9. The van der Waals surface area contributed by atoms with Crippen molar-refractivity contribution in [2.24, 2.45) is 5.92 Å². The fourth-order valence-corrected chi connectivity index (χ4v) is 3.87. The summed E-state index contributed by atoms with van der Waals surface area (Å²) in [4.78, 5) is 31.6. The highest BCUT2D eigenvalue weighted by Gasteiger charge is 2.29. The third-order valence-electron chi connectivity index (χ3n) is 5.51. The second kappa shape index (κ2) is 8.91. The molecule has 1 aromatic heterocycles. The molecule has 1 fully saturated rings. The van der Waals surface area contributed by atoms with E-state index in [-0.39, 0.29) is 17.7 Å². The Hall–Kier alpha value is -3.47. The lowest BCUT2D eigenvalue weighted by atomic mass is 9.91.